The fraction of sp³-hybridized carbons (Fsp3) is 1.00. The molecule has 1 fully saturated rings. The quantitative estimate of drug-likeness (QED) is 0.529. The Kier molecular flexibility index (Phi) is 1.40. The molecule has 1 aliphatic carbocycles. The average Bonchev–Trinajstić information content (AvgIpc) is 2.06. The molecule has 0 bridgehead atoms. The van der Waals surface area contributed by atoms with E-state index in [-0.39, 0.29) is 4.29 Å². The van der Waals surface area contributed by atoms with Gasteiger partial charge in [0.05, 0.1) is 4.29 Å². The van der Waals surface area contributed by atoms with Crippen LogP contribution in [0.3, 0.4) is 0 Å². The summed E-state index contributed by atoms with van der Waals surface area (Å²) in [5, 5.41) is 0. The Morgan fingerprint density at radius 1 is 1.67 bits per heavy atom. The van der Waals surface area contributed by atoms with Crippen LogP contribution in [-0.4, -0.2) is 4.29 Å². The molecule has 0 radical (unpaired) electrons. The van der Waals surface area contributed by atoms with E-state index in [0.717, 1.165) is 5.92 Å². The van der Waals surface area contributed by atoms with Crippen LogP contribution in [0.2, 0.25) is 0 Å². The summed E-state index contributed by atoms with van der Waals surface area (Å²) in [5.41, 5.74) is 0. The van der Waals surface area contributed by atoms with Crippen molar-refractivity contribution in [1.82, 2.24) is 0 Å². The Balaban J connectivity index is 2.13. The van der Waals surface area contributed by atoms with Crippen LogP contribution in [-0.2, 0) is 0 Å². The normalized spacial score (nSPS) is 27.0. The van der Waals surface area contributed by atoms with Crippen molar-refractivity contribution in [3.63, 3.8) is 0 Å². The van der Waals surface area contributed by atoms with E-state index >= 15 is 0 Å². The molecule has 0 aliphatic heterocycles. The van der Waals surface area contributed by atoms with Crippen LogP contribution in [0.4, 0.5) is 0 Å². The maximum atomic E-state index is 5.59. The van der Waals surface area contributed by atoms with Crippen LogP contribution in [0.1, 0.15) is 12.8 Å². The first-order valence-electron chi connectivity index (χ1n) is 2.09. The van der Waals surface area contributed by atoms with Crippen molar-refractivity contribution < 1.29 is 0 Å². The van der Waals surface area contributed by atoms with Gasteiger partial charge >= 0.3 is 0 Å². The predicted octanol–water partition coefficient (Wildman–Crippen LogP) is 2.36. The van der Waals surface area contributed by atoms with Crippen LogP contribution in [0, 0.1) is 5.92 Å². The number of rotatable bonds is 1. The van der Waals surface area contributed by atoms with Gasteiger partial charge in [0.25, 0.3) is 0 Å². The molecule has 0 heterocycles. The van der Waals surface area contributed by atoms with E-state index in [9.17, 15) is 0 Å². The first-order valence-corrected chi connectivity index (χ1v) is 3.44. The number of hydrogen-bond acceptors (Lipinski definition) is 0. The van der Waals surface area contributed by atoms with E-state index in [4.69, 9.17) is 11.6 Å². The lowest BCUT2D eigenvalue weighted by Crippen LogP contribution is -1.83. The van der Waals surface area contributed by atoms with Gasteiger partial charge in [0.2, 0.25) is 0 Å². The number of hydrogen-bond donors (Lipinski definition) is 0. The van der Waals surface area contributed by atoms with Crippen LogP contribution < -0.4 is 0 Å². The molecule has 0 saturated heterocycles. The third-order valence-corrected chi connectivity index (χ3v) is 2.08. The standard InChI is InChI=1S/C4H6BrCl/c5-4(6)3-1-2-3/h3-4H,1-2H2. The Bertz CT molecular complexity index is 49.5. The maximum Gasteiger partial charge on any atom is 0.0914 e. The molecule has 36 valence electrons. The summed E-state index contributed by atoms with van der Waals surface area (Å²) in [6.45, 7) is 0. The van der Waals surface area contributed by atoms with E-state index in [1.807, 2.05) is 0 Å². The molecule has 1 rings (SSSR count). The summed E-state index contributed by atoms with van der Waals surface area (Å²) in [4.78, 5) is 0. The van der Waals surface area contributed by atoms with Crippen molar-refractivity contribution in [3.05, 3.63) is 0 Å². The van der Waals surface area contributed by atoms with Crippen LogP contribution in [0.15, 0.2) is 0 Å². The van der Waals surface area contributed by atoms with Crippen LogP contribution in [0.25, 0.3) is 0 Å². The smallest absolute Gasteiger partial charge is 0.0914 e. The zero-order valence-electron chi connectivity index (χ0n) is 3.32. The van der Waals surface area contributed by atoms with Crippen LogP contribution in [0.5, 0.6) is 0 Å². The Hall–Kier alpha value is 0.770. The van der Waals surface area contributed by atoms with Gasteiger partial charge in [-0.15, -0.1) is 11.6 Å². The number of alkyl halides is 2. The van der Waals surface area contributed by atoms with E-state index < -0.39 is 0 Å². The van der Waals surface area contributed by atoms with Crippen molar-refractivity contribution in [1.29, 1.82) is 0 Å². The van der Waals surface area contributed by atoms with Gasteiger partial charge in [-0.3, -0.25) is 0 Å². The van der Waals surface area contributed by atoms with Gasteiger partial charge in [0, 0.05) is 0 Å². The van der Waals surface area contributed by atoms with E-state index in [1.54, 1.807) is 0 Å². The average molecular weight is 169 g/mol. The molecule has 0 spiro atoms. The fourth-order valence-corrected chi connectivity index (χ4v) is 1.13. The zero-order chi connectivity index (χ0) is 4.57. The highest BCUT2D eigenvalue weighted by molar-refractivity contribution is 9.10. The van der Waals surface area contributed by atoms with Crippen molar-refractivity contribution in [2.24, 2.45) is 5.92 Å². The first-order chi connectivity index (χ1) is 2.80. The molecule has 2 heteroatoms. The second kappa shape index (κ2) is 1.71. The lowest BCUT2D eigenvalue weighted by molar-refractivity contribution is 0.957. The van der Waals surface area contributed by atoms with E-state index in [1.165, 1.54) is 12.8 Å². The summed E-state index contributed by atoms with van der Waals surface area (Å²) in [5.74, 6) is 0.784. The third kappa shape index (κ3) is 1.12. The molecular weight excluding hydrogens is 163 g/mol. The fourth-order valence-electron chi connectivity index (χ4n) is 0.348. The lowest BCUT2D eigenvalue weighted by atomic mass is 10.5. The molecule has 0 nitrogen and oxygen atoms in total. The highest BCUT2D eigenvalue weighted by Crippen LogP contribution is 2.38. The summed E-state index contributed by atoms with van der Waals surface area (Å²) in [6.07, 6.45) is 2.64. The first kappa shape index (κ1) is 4.92. The molecule has 6 heavy (non-hydrogen) atoms. The van der Waals surface area contributed by atoms with Gasteiger partial charge in [-0.1, -0.05) is 15.9 Å². The topological polar surface area (TPSA) is 0 Å². The Morgan fingerprint density at radius 3 is 2.17 bits per heavy atom. The third-order valence-electron chi connectivity index (χ3n) is 0.978. The van der Waals surface area contributed by atoms with Crippen molar-refractivity contribution in [2.45, 2.75) is 17.1 Å². The highest BCUT2D eigenvalue weighted by atomic mass is 79.9. The van der Waals surface area contributed by atoms with Gasteiger partial charge < -0.3 is 0 Å². The Labute approximate surface area is 51.0 Å². The van der Waals surface area contributed by atoms with Crippen LogP contribution >= 0.6 is 27.5 Å². The minimum absolute atomic E-state index is 0.248. The molecule has 0 aromatic heterocycles. The van der Waals surface area contributed by atoms with Crippen molar-refractivity contribution in [3.8, 4) is 0 Å². The molecule has 1 unspecified atom stereocenters. The largest absolute Gasteiger partial charge is 0.110 e. The maximum absolute atomic E-state index is 5.59. The van der Waals surface area contributed by atoms with E-state index in [0.29, 0.717) is 0 Å². The highest BCUT2D eigenvalue weighted by Gasteiger charge is 2.27. The predicted molar refractivity (Wildman–Crippen MR) is 31.3 cm³/mol. The van der Waals surface area contributed by atoms with Gasteiger partial charge in [0.1, 0.15) is 0 Å². The second-order valence-electron chi connectivity index (χ2n) is 1.67. The summed E-state index contributed by atoms with van der Waals surface area (Å²) in [7, 11) is 0. The molecule has 1 aliphatic rings. The molecule has 1 atom stereocenters. The molecule has 0 aromatic carbocycles. The lowest BCUT2D eigenvalue weighted by Gasteiger charge is -1.88. The minimum Gasteiger partial charge on any atom is -0.110 e. The summed E-state index contributed by atoms with van der Waals surface area (Å²) in [6, 6.07) is 0. The van der Waals surface area contributed by atoms with Gasteiger partial charge in [0.15, 0.2) is 0 Å². The van der Waals surface area contributed by atoms with Gasteiger partial charge in [-0.25, -0.2) is 0 Å². The monoisotopic (exact) mass is 168 g/mol. The Morgan fingerprint density at radius 2 is 2.17 bits per heavy atom. The van der Waals surface area contributed by atoms with Gasteiger partial charge in [-0.05, 0) is 18.8 Å². The van der Waals surface area contributed by atoms with Gasteiger partial charge in [-0.2, -0.15) is 0 Å². The molecule has 0 N–H and O–H groups in total. The molecule has 1 saturated carbocycles. The zero-order valence-corrected chi connectivity index (χ0v) is 5.67. The van der Waals surface area contributed by atoms with E-state index in [2.05, 4.69) is 15.9 Å². The minimum atomic E-state index is 0.248. The molecular formula is C4H6BrCl. The molecule has 0 amide bonds. The van der Waals surface area contributed by atoms with Crippen molar-refractivity contribution >= 4 is 27.5 Å². The second-order valence-corrected chi connectivity index (χ2v) is 3.66. The molecule has 0 aromatic rings. The summed E-state index contributed by atoms with van der Waals surface area (Å²) < 4.78 is 0.248. The van der Waals surface area contributed by atoms with Crippen molar-refractivity contribution in [2.75, 3.05) is 0 Å². The summed E-state index contributed by atoms with van der Waals surface area (Å²) >= 11 is 8.86. The SMILES string of the molecule is ClC(Br)C1CC1. The number of halogens is 2.